The summed E-state index contributed by atoms with van der Waals surface area (Å²) in [5.74, 6) is -0.529. The van der Waals surface area contributed by atoms with E-state index in [1.54, 1.807) is 18.2 Å². The Labute approximate surface area is 242 Å². The summed E-state index contributed by atoms with van der Waals surface area (Å²) < 4.78 is 29.4. The van der Waals surface area contributed by atoms with Crippen LogP contribution in [0, 0.1) is 32.4 Å². The van der Waals surface area contributed by atoms with Crippen molar-refractivity contribution in [3.05, 3.63) is 124 Å². The molecular weight excluding hydrogens is 508 g/mol. The molecule has 5 aromatic carbocycles. The van der Waals surface area contributed by atoms with Crippen molar-refractivity contribution in [2.45, 2.75) is 54.9 Å². The molecule has 0 atom stereocenters. The molecule has 0 amide bonds. The molecule has 3 heteroatoms. The lowest BCUT2D eigenvalue weighted by molar-refractivity contribution is 0.630. The molecule has 0 aliphatic rings. The van der Waals surface area contributed by atoms with Gasteiger partial charge in [0.1, 0.15) is 11.6 Å². The van der Waals surface area contributed by atoms with Crippen LogP contribution in [-0.4, -0.2) is 4.98 Å². The SMILES string of the molecule is C/C=C\c1c(CC)ccc(-c2c(C)c3c(F)cccc3c3[nH]c4ccc(F)cc4c23)c1C.CC.Cc1ccccc1. The molecule has 1 heterocycles. The van der Waals surface area contributed by atoms with Crippen LogP contribution in [0.1, 0.15) is 55.5 Å². The number of halogens is 2. The van der Waals surface area contributed by atoms with Crippen LogP contribution < -0.4 is 0 Å². The third kappa shape index (κ3) is 5.67. The largest absolute Gasteiger partial charge is 0.354 e. The lowest BCUT2D eigenvalue weighted by Gasteiger charge is -2.18. The molecule has 0 fully saturated rings. The average molecular weight is 548 g/mol. The van der Waals surface area contributed by atoms with Crippen LogP contribution in [0.3, 0.4) is 0 Å². The number of hydrogen-bond donors (Lipinski definition) is 1. The third-order valence-corrected chi connectivity index (χ3v) is 7.57. The molecule has 1 aromatic heterocycles. The molecular formula is C38H39F2N. The van der Waals surface area contributed by atoms with Crippen LogP contribution in [0.5, 0.6) is 0 Å². The summed E-state index contributed by atoms with van der Waals surface area (Å²) in [6.45, 7) is 14.3. The van der Waals surface area contributed by atoms with Crippen molar-refractivity contribution in [1.29, 1.82) is 0 Å². The molecule has 0 saturated carbocycles. The predicted octanol–water partition coefficient (Wildman–Crippen LogP) is 11.7. The first-order chi connectivity index (χ1) is 19.8. The van der Waals surface area contributed by atoms with E-state index in [1.807, 2.05) is 52.0 Å². The minimum atomic E-state index is -0.283. The molecule has 1 N–H and O–H groups in total. The normalized spacial score (nSPS) is 11.0. The molecule has 0 radical (unpaired) electrons. The first-order valence-corrected chi connectivity index (χ1v) is 14.4. The quantitative estimate of drug-likeness (QED) is 0.227. The van der Waals surface area contributed by atoms with Gasteiger partial charge in [-0.2, -0.15) is 0 Å². The molecule has 6 rings (SSSR count). The Balaban J connectivity index is 0.000000372. The Morgan fingerprint density at radius 1 is 0.756 bits per heavy atom. The van der Waals surface area contributed by atoms with Crippen molar-refractivity contribution in [2.24, 2.45) is 0 Å². The van der Waals surface area contributed by atoms with E-state index in [2.05, 4.69) is 62.2 Å². The van der Waals surface area contributed by atoms with Crippen LogP contribution in [0.2, 0.25) is 0 Å². The van der Waals surface area contributed by atoms with Crippen molar-refractivity contribution in [1.82, 2.24) is 4.98 Å². The fourth-order valence-corrected chi connectivity index (χ4v) is 5.69. The molecule has 210 valence electrons. The second kappa shape index (κ2) is 13.0. The van der Waals surface area contributed by atoms with Gasteiger partial charge in [-0.25, -0.2) is 8.78 Å². The fraction of sp³-hybridized carbons (Fsp3) is 0.211. The third-order valence-electron chi connectivity index (χ3n) is 7.57. The molecule has 0 spiro atoms. The smallest absolute Gasteiger partial charge is 0.131 e. The van der Waals surface area contributed by atoms with E-state index in [1.165, 1.54) is 28.8 Å². The maximum atomic E-state index is 15.1. The lowest BCUT2D eigenvalue weighted by atomic mass is 9.85. The minimum absolute atomic E-state index is 0.246. The average Bonchev–Trinajstić information content (AvgIpc) is 3.35. The number of benzene rings is 5. The van der Waals surface area contributed by atoms with Crippen molar-refractivity contribution in [3.63, 3.8) is 0 Å². The fourth-order valence-electron chi connectivity index (χ4n) is 5.69. The maximum absolute atomic E-state index is 15.1. The van der Waals surface area contributed by atoms with E-state index in [9.17, 15) is 4.39 Å². The molecule has 41 heavy (non-hydrogen) atoms. The summed E-state index contributed by atoms with van der Waals surface area (Å²) in [6.07, 6.45) is 5.12. The molecule has 0 unspecified atom stereocenters. The van der Waals surface area contributed by atoms with Crippen molar-refractivity contribution >= 4 is 38.7 Å². The van der Waals surface area contributed by atoms with Gasteiger partial charge in [0.05, 0.1) is 5.52 Å². The number of aromatic nitrogens is 1. The number of hydrogen-bond acceptors (Lipinski definition) is 0. The number of aromatic amines is 1. The van der Waals surface area contributed by atoms with Gasteiger partial charge < -0.3 is 4.98 Å². The number of fused-ring (bicyclic) bond motifs is 5. The first-order valence-electron chi connectivity index (χ1n) is 14.4. The Morgan fingerprint density at radius 3 is 2.12 bits per heavy atom. The van der Waals surface area contributed by atoms with Crippen LogP contribution in [0.25, 0.3) is 49.8 Å². The van der Waals surface area contributed by atoms with E-state index in [4.69, 9.17) is 0 Å². The molecule has 1 nitrogen and oxygen atoms in total. The highest BCUT2D eigenvalue weighted by atomic mass is 19.1. The van der Waals surface area contributed by atoms with Crippen LogP contribution in [-0.2, 0) is 6.42 Å². The summed E-state index contributed by atoms with van der Waals surface area (Å²) in [6, 6.07) is 24.5. The Bertz CT molecular complexity index is 1840. The summed E-state index contributed by atoms with van der Waals surface area (Å²) in [5.41, 5.74) is 9.50. The van der Waals surface area contributed by atoms with Crippen LogP contribution >= 0.6 is 0 Å². The highest BCUT2D eigenvalue weighted by molar-refractivity contribution is 6.24. The van der Waals surface area contributed by atoms with Gasteiger partial charge in [-0.3, -0.25) is 0 Å². The second-order valence-corrected chi connectivity index (χ2v) is 10.0. The first kappa shape index (κ1) is 29.7. The highest BCUT2D eigenvalue weighted by Gasteiger charge is 2.21. The Kier molecular flexibility index (Phi) is 9.39. The molecule has 0 aliphatic heterocycles. The van der Waals surface area contributed by atoms with E-state index in [0.29, 0.717) is 5.39 Å². The van der Waals surface area contributed by atoms with Gasteiger partial charge >= 0.3 is 0 Å². The van der Waals surface area contributed by atoms with Gasteiger partial charge in [0.15, 0.2) is 0 Å². The van der Waals surface area contributed by atoms with Crippen molar-refractivity contribution in [2.75, 3.05) is 0 Å². The van der Waals surface area contributed by atoms with E-state index >= 15 is 4.39 Å². The number of allylic oxidation sites excluding steroid dienone is 1. The second-order valence-electron chi connectivity index (χ2n) is 10.0. The van der Waals surface area contributed by atoms with Crippen LogP contribution in [0.15, 0.2) is 84.9 Å². The van der Waals surface area contributed by atoms with Crippen molar-refractivity contribution in [3.8, 4) is 11.1 Å². The zero-order valence-corrected chi connectivity index (χ0v) is 25.1. The van der Waals surface area contributed by atoms with Crippen LogP contribution in [0.4, 0.5) is 8.78 Å². The predicted molar refractivity (Wildman–Crippen MR) is 175 cm³/mol. The lowest BCUT2D eigenvalue weighted by Crippen LogP contribution is -1.97. The molecule has 0 bridgehead atoms. The molecule has 0 saturated heterocycles. The summed E-state index contributed by atoms with van der Waals surface area (Å²) in [4.78, 5) is 3.45. The van der Waals surface area contributed by atoms with Gasteiger partial charge in [0.2, 0.25) is 0 Å². The monoisotopic (exact) mass is 547 g/mol. The van der Waals surface area contributed by atoms with E-state index < -0.39 is 0 Å². The number of aryl methyl sites for hydroxylation is 3. The maximum Gasteiger partial charge on any atom is 0.131 e. The zero-order chi connectivity index (χ0) is 29.7. The van der Waals surface area contributed by atoms with Gasteiger partial charge in [-0.15, -0.1) is 0 Å². The molecule has 6 aromatic rings. The number of H-pyrrole nitrogens is 1. The minimum Gasteiger partial charge on any atom is -0.354 e. The number of rotatable bonds is 3. The summed E-state index contributed by atoms with van der Waals surface area (Å²) >= 11 is 0. The standard InChI is InChI=1S/C29H25F2N.C7H8.C2H6/c1-5-8-20-16(3)21(13-11-18(20)6-2)27-17(4)26-22(9-7-10-24(26)31)29-28(27)23-15-19(30)12-14-25(23)32-29;1-7-5-3-2-4-6-7;1-2/h5,7-15,32H,6H2,1-4H3;2-6H,1H3;1-2H3/b8-5-;;. The van der Waals surface area contributed by atoms with E-state index in [-0.39, 0.29) is 11.6 Å². The van der Waals surface area contributed by atoms with Gasteiger partial charge in [-0.1, -0.05) is 93.1 Å². The zero-order valence-electron chi connectivity index (χ0n) is 25.1. The Morgan fingerprint density at radius 2 is 1.49 bits per heavy atom. The topological polar surface area (TPSA) is 15.8 Å². The summed E-state index contributed by atoms with van der Waals surface area (Å²) in [7, 11) is 0. The molecule has 0 aliphatic carbocycles. The van der Waals surface area contributed by atoms with Gasteiger partial charge in [0, 0.05) is 27.1 Å². The van der Waals surface area contributed by atoms with E-state index in [0.717, 1.165) is 55.9 Å². The van der Waals surface area contributed by atoms with Crippen molar-refractivity contribution < 1.29 is 8.78 Å². The van der Waals surface area contributed by atoms with Gasteiger partial charge in [0.25, 0.3) is 0 Å². The van der Waals surface area contributed by atoms with Gasteiger partial charge in [-0.05, 0) is 91.8 Å². The number of nitrogens with one attached hydrogen (secondary N) is 1. The highest BCUT2D eigenvalue weighted by Crippen LogP contribution is 2.44. The summed E-state index contributed by atoms with van der Waals surface area (Å²) in [5, 5.41) is 3.17. The Hall–Kier alpha value is -4.24.